The molecule has 0 N–H and O–H groups in total. The maximum atomic E-state index is 2.53. The van der Waals surface area contributed by atoms with Gasteiger partial charge in [-0.15, -0.1) is 0 Å². The molecule has 0 aliphatic rings. The normalized spacial score (nSPS) is 12.7. The third kappa shape index (κ3) is 24.1. The van der Waals surface area contributed by atoms with Crippen molar-refractivity contribution in [1.82, 2.24) is 4.90 Å². The summed E-state index contributed by atoms with van der Waals surface area (Å²) in [4.78, 5) is 2.53. The molecule has 0 fully saturated rings. The number of rotatable bonds is 24. The summed E-state index contributed by atoms with van der Waals surface area (Å²) in [6.07, 6.45) is 30.6. The van der Waals surface area contributed by atoms with Gasteiger partial charge in [0, 0.05) is 6.54 Å². The van der Waals surface area contributed by atoms with Crippen molar-refractivity contribution < 1.29 is 0 Å². The molecule has 0 heterocycles. The number of hydrogen-bond acceptors (Lipinski definition) is 1. The summed E-state index contributed by atoms with van der Waals surface area (Å²) in [7, 11) is 2.29. The van der Waals surface area contributed by atoms with Gasteiger partial charge in [0.25, 0.3) is 0 Å². The second-order valence-corrected chi connectivity index (χ2v) is 9.99. The average Bonchev–Trinajstić information content (AvgIpc) is 2.72. The van der Waals surface area contributed by atoms with Gasteiger partial charge in [-0.25, -0.2) is 0 Å². The van der Waals surface area contributed by atoms with Crippen molar-refractivity contribution in [2.45, 2.75) is 156 Å². The summed E-state index contributed by atoms with van der Waals surface area (Å²) in [5.41, 5.74) is 0. The van der Waals surface area contributed by atoms with Crippen LogP contribution in [0.4, 0.5) is 0 Å². The highest BCUT2D eigenvalue weighted by atomic mass is 15.1. The van der Waals surface area contributed by atoms with Gasteiger partial charge < -0.3 is 4.90 Å². The van der Waals surface area contributed by atoms with Crippen molar-refractivity contribution in [1.29, 1.82) is 0 Å². The first-order chi connectivity index (χ1) is 14.2. The van der Waals surface area contributed by atoms with Crippen LogP contribution in [0.1, 0.15) is 156 Å². The standard InChI is InChI=1S/C28H59N/c1-5-7-8-9-10-11-12-13-14-15-16-17-18-19-20-21-22-23-24-25-26-29(4)27-28(3)6-2/h28H,5-27H2,1-4H3. The summed E-state index contributed by atoms with van der Waals surface area (Å²) in [5.74, 6) is 0.852. The first kappa shape index (κ1) is 29.0. The first-order valence-corrected chi connectivity index (χ1v) is 13.9. The molecule has 1 nitrogen and oxygen atoms in total. The Morgan fingerprint density at radius 3 is 1.10 bits per heavy atom. The Morgan fingerprint density at radius 2 is 0.793 bits per heavy atom. The van der Waals surface area contributed by atoms with Crippen molar-refractivity contribution in [2.75, 3.05) is 20.1 Å². The molecule has 0 saturated heterocycles. The average molecular weight is 410 g/mol. The Kier molecular flexibility index (Phi) is 24.2. The van der Waals surface area contributed by atoms with E-state index in [-0.39, 0.29) is 0 Å². The lowest BCUT2D eigenvalue weighted by Gasteiger charge is -2.20. The van der Waals surface area contributed by atoms with Crippen LogP contribution in [0.25, 0.3) is 0 Å². The number of nitrogens with zero attached hydrogens (tertiary/aromatic N) is 1. The molecule has 176 valence electrons. The Morgan fingerprint density at radius 1 is 0.483 bits per heavy atom. The minimum absolute atomic E-state index is 0.852. The maximum Gasteiger partial charge on any atom is 0.000387 e. The van der Waals surface area contributed by atoms with Crippen molar-refractivity contribution in [3.63, 3.8) is 0 Å². The van der Waals surface area contributed by atoms with E-state index in [0.29, 0.717) is 0 Å². The van der Waals surface area contributed by atoms with Crippen LogP contribution in [0.15, 0.2) is 0 Å². The molecule has 1 atom stereocenters. The number of unbranched alkanes of at least 4 members (excludes halogenated alkanes) is 19. The van der Waals surface area contributed by atoms with E-state index in [9.17, 15) is 0 Å². The molecule has 0 rings (SSSR count). The first-order valence-electron chi connectivity index (χ1n) is 13.9. The molecule has 0 aromatic carbocycles. The summed E-state index contributed by atoms with van der Waals surface area (Å²) in [5, 5.41) is 0. The molecule has 0 aromatic heterocycles. The largest absolute Gasteiger partial charge is 0.306 e. The molecular formula is C28H59N. The summed E-state index contributed by atoms with van der Waals surface area (Å²) in [6.45, 7) is 9.54. The quantitative estimate of drug-likeness (QED) is 0.143. The molecule has 0 radical (unpaired) electrons. The third-order valence-corrected chi connectivity index (χ3v) is 6.71. The predicted molar refractivity (Wildman–Crippen MR) is 135 cm³/mol. The highest BCUT2D eigenvalue weighted by Crippen LogP contribution is 2.15. The fraction of sp³-hybridized carbons (Fsp3) is 1.00. The minimum Gasteiger partial charge on any atom is -0.306 e. The lowest BCUT2D eigenvalue weighted by molar-refractivity contribution is 0.276. The molecule has 29 heavy (non-hydrogen) atoms. The van der Waals surface area contributed by atoms with Gasteiger partial charge in [-0.05, 0) is 25.9 Å². The molecule has 0 spiro atoms. The van der Waals surface area contributed by atoms with Crippen molar-refractivity contribution in [3.8, 4) is 0 Å². The van der Waals surface area contributed by atoms with Crippen LogP contribution in [0.5, 0.6) is 0 Å². The molecule has 1 heteroatoms. The molecule has 0 bridgehead atoms. The molecule has 1 unspecified atom stereocenters. The fourth-order valence-corrected chi connectivity index (χ4v) is 4.39. The van der Waals surface area contributed by atoms with Crippen LogP contribution in [-0.4, -0.2) is 25.0 Å². The second-order valence-electron chi connectivity index (χ2n) is 9.99. The van der Waals surface area contributed by atoms with Crippen LogP contribution in [0, 0.1) is 5.92 Å². The monoisotopic (exact) mass is 409 g/mol. The van der Waals surface area contributed by atoms with E-state index in [1.807, 2.05) is 0 Å². The SMILES string of the molecule is CCCCCCCCCCCCCCCCCCCCCCN(C)CC(C)CC. The summed E-state index contributed by atoms with van der Waals surface area (Å²) < 4.78 is 0. The van der Waals surface area contributed by atoms with Gasteiger partial charge >= 0.3 is 0 Å². The zero-order chi connectivity index (χ0) is 21.4. The van der Waals surface area contributed by atoms with Crippen LogP contribution < -0.4 is 0 Å². The van der Waals surface area contributed by atoms with E-state index in [2.05, 4.69) is 32.7 Å². The zero-order valence-corrected chi connectivity index (χ0v) is 21.3. The van der Waals surface area contributed by atoms with Crippen LogP contribution in [0.3, 0.4) is 0 Å². The van der Waals surface area contributed by atoms with Crippen molar-refractivity contribution >= 4 is 0 Å². The van der Waals surface area contributed by atoms with Gasteiger partial charge in [0.1, 0.15) is 0 Å². The highest BCUT2D eigenvalue weighted by molar-refractivity contribution is 4.58. The van der Waals surface area contributed by atoms with E-state index in [4.69, 9.17) is 0 Å². The van der Waals surface area contributed by atoms with Crippen molar-refractivity contribution in [3.05, 3.63) is 0 Å². The molecular weight excluding hydrogens is 350 g/mol. The van der Waals surface area contributed by atoms with Gasteiger partial charge in [0.15, 0.2) is 0 Å². The van der Waals surface area contributed by atoms with Gasteiger partial charge in [0.2, 0.25) is 0 Å². The molecule has 0 aliphatic heterocycles. The Hall–Kier alpha value is -0.0400. The molecule has 0 saturated carbocycles. The molecule has 0 aliphatic carbocycles. The fourth-order valence-electron chi connectivity index (χ4n) is 4.39. The Bertz CT molecular complexity index is 288. The second kappa shape index (κ2) is 24.2. The topological polar surface area (TPSA) is 3.24 Å². The maximum absolute atomic E-state index is 2.53. The van der Waals surface area contributed by atoms with Gasteiger partial charge in [-0.2, -0.15) is 0 Å². The zero-order valence-electron chi connectivity index (χ0n) is 21.3. The third-order valence-electron chi connectivity index (χ3n) is 6.71. The predicted octanol–water partition coefficient (Wildman–Crippen LogP) is 9.79. The van der Waals surface area contributed by atoms with Crippen LogP contribution in [-0.2, 0) is 0 Å². The van der Waals surface area contributed by atoms with E-state index in [1.54, 1.807) is 0 Å². The Balaban J connectivity index is 3.08. The van der Waals surface area contributed by atoms with Crippen molar-refractivity contribution in [2.24, 2.45) is 5.92 Å². The highest BCUT2D eigenvalue weighted by Gasteiger charge is 2.03. The van der Waals surface area contributed by atoms with E-state index in [0.717, 1.165) is 5.92 Å². The minimum atomic E-state index is 0.852. The lowest BCUT2D eigenvalue weighted by atomic mass is 10.0. The summed E-state index contributed by atoms with van der Waals surface area (Å²) >= 11 is 0. The molecule has 0 amide bonds. The Labute approximate surface area is 186 Å². The van der Waals surface area contributed by atoms with Gasteiger partial charge in [-0.3, -0.25) is 0 Å². The van der Waals surface area contributed by atoms with E-state index in [1.165, 1.54) is 148 Å². The van der Waals surface area contributed by atoms with Gasteiger partial charge in [0.05, 0.1) is 0 Å². The summed E-state index contributed by atoms with van der Waals surface area (Å²) in [6, 6.07) is 0. The smallest absolute Gasteiger partial charge is 0.000387 e. The van der Waals surface area contributed by atoms with E-state index < -0.39 is 0 Å². The van der Waals surface area contributed by atoms with E-state index >= 15 is 0 Å². The number of hydrogen-bond donors (Lipinski definition) is 0. The molecule has 0 aromatic rings. The van der Waals surface area contributed by atoms with Crippen LogP contribution >= 0.6 is 0 Å². The van der Waals surface area contributed by atoms with Crippen LogP contribution in [0.2, 0.25) is 0 Å². The lowest BCUT2D eigenvalue weighted by Crippen LogP contribution is -2.25. The van der Waals surface area contributed by atoms with Gasteiger partial charge in [-0.1, -0.05) is 149 Å².